The number of nitrogens with zero attached hydrogens (tertiary/aromatic N) is 2. The molecule has 0 bridgehead atoms. The molecule has 1 saturated heterocycles. The van der Waals surface area contributed by atoms with Crippen molar-refractivity contribution in [3.8, 4) is 0 Å². The highest BCUT2D eigenvalue weighted by Crippen LogP contribution is 2.41. The fraction of sp³-hybridized carbons (Fsp3) is 0.391. The lowest BCUT2D eigenvalue weighted by atomic mass is 9.68. The second-order valence-electron chi connectivity index (χ2n) is 8.21. The first-order valence-electron chi connectivity index (χ1n) is 10.3. The SMILES string of the molecule is NC[C@]1(c2cccc(Cl)c2)CC[C@H](N2CCN(c3cccc(C(=O)O)c3)C2=O)CC1. The lowest BCUT2D eigenvalue weighted by Crippen LogP contribution is -2.46. The predicted octanol–water partition coefficient (Wildman–Crippen LogP) is 4.12. The Labute approximate surface area is 181 Å². The first-order valence-corrected chi connectivity index (χ1v) is 10.7. The van der Waals surface area contributed by atoms with Crippen molar-refractivity contribution in [2.75, 3.05) is 24.5 Å². The monoisotopic (exact) mass is 427 g/mol. The summed E-state index contributed by atoms with van der Waals surface area (Å²) in [5.74, 6) is -0.994. The van der Waals surface area contributed by atoms with Gasteiger partial charge in [0.2, 0.25) is 0 Å². The molecule has 2 aliphatic rings. The van der Waals surface area contributed by atoms with Crippen LogP contribution in [0.25, 0.3) is 0 Å². The van der Waals surface area contributed by atoms with Crippen LogP contribution in [0.4, 0.5) is 10.5 Å². The third kappa shape index (κ3) is 3.77. The van der Waals surface area contributed by atoms with E-state index in [4.69, 9.17) is 17.3 Å². The summed E-state index contributed by atoms with van der Waals surface area (Å²) in [6, 6.07) is 14.6. The van der Waals surface area contributed by atoms with Gasteiger partial charge in [-0.25, -0.2) is 9.59 Å². The van der Waals surface area contributed by atoms with E-state index in [0.29, 0.717) is 25.3 Å². The van der Waals surface area contributed by atoms with Crippen LogP contribution in [-0.2, 0) is 5.41 Å². The van der Waals surface area contributed by atoms with Crippen LogP contribution in [0, 0.1) is 0 Å². The second-order valence-corrected chi connectivity index (χ2v) is 8.65. The highest BCUT2D eigenvalue weighted by Gasteiger charge is 2.41. The molecule has 7 heteroatoms. The average molecular weight is 428 g/mol. The molecular weight excluding hydrogens is 402 g/mol. The van der Waals surface area contributed by atoms with E-state index in [9.17, 15) is 14.7 Å². The molecule has 4 rings (SSSR count). The molecule has 1 heterocycles. The maximum Gasteiger partial charge on any atom is 0.335 e. The fourth-order valence-electron chi connectivity index (χ4n) is 4.84. The van der Waals surface area contributed by atoms with Crippen LogP contribution in [0.1, 0.15) is 41.6 Å². The molecule has 1 aliphatic heterocycles. The molecule has 1 saturated carbocycles. The zero-order chi connectivity index (χ0) is 21.3. The summed E-state index contributed by atoms with van der Waals surface area (Å²) in [6.45, 7) is 1.77. The first-order chi connectivity index (χ1) is 14.4. The van der Waals surface area contributed by atoms with Crippen LogP contribution in [0.3, 0.4) is 0 Å². The second kappa shape index (κ2) is 8.28. The van der Waals surface area contributed by atoms with E-state index in [1.54, 1.807) is 23.1 Å². The zero-order valence-corrected chi connectivity index (χ0v) is 17.5. The molecule has 0 unspecified atom stereocenters. The van der Waals surface area contributed by atoms with E-state index in [2.05, 4.69) is 6.07 Å². The summed E-state index contributed by atoms with van der Waals surface area (Å²) in [4.78, 5) is 28.0. The number of carboxylic acids is 1. The van der Waals surface area contributed by atoms with Gasteiger partial charge in [0.05, 0.1) is 5.56 Å². The number of carboxylic acid groups (broad SMARTS) is 1. The Hall–Kier alpha value is -2.57. The van der Waals surface area contributed by atoms with Gasteiger partial charge in [-0.15, -0.1) is 0 Å². The fourth-order valence-corrected chi connectivity index (χ4v) is 5.03. The minimum absolute atomic E-state index is 0.0504. The molecule has 158 valence electrons. The molecule has 1 aliphatic carbocycles. The molecule has 2 aromatic carbocycles. The van der Waals surface area contributed by atoms with Crippen LogP contribution in [0.15, 0.2) is 48.5 Å². The van der Waals surface area contributed by atoms with E-state index < -0.39 is 5.97 Å². The number of amides is 2. The number of benzene rings is 2. The summed E-state index contributed by atoms with van der Waals surface area (Å²) in [7, 11) is 0. The van der Waals surface area contributed by atoms with E-state index in [1.807, 2.05) is 23.1 Å². The molecule has 3 N–H and O–H groups in total. The number of carbonyl (C=O) groups excluding carboxylic acids is 1. The van der Waals surface area contributed by atoms with Crippen molar-refractivity contribution < 1.29 is 14.7 Å². The van der Waals surface area contributed by atoms with Crippen LogP contribution in [0.2, 0.25) is 5.02 Å². The van der Waals surface area contributed by atoms with Gasteiger partial charge >= 0.3 is 12.0 Å². The average Bonchev–Trinajstić information content (AvgIpc) is 3.15. The minimum Gasteiger partial charge on any atom is -0.478 e. The molecule has 0 radical (unpaired) electrons. The van der Waals surface area contributed by atoms with Gasteiger partial charge in [0.15, 0.2) is 0 Å². The molecule has 2 fully saturated rings. The van der Waals surface area contributed by atoms with Gasteiger partial charge in [0.25, 0.3) is 0 Å². The Bertz CT molecular complexity index is 956. The van der Waals surface area contributed by atoms with Crippen molar-refractivity contribution in [3.63, 3.8) is 0 Å². The molecule has 6 nitrogen and oxygen atoms in total. The number of hydrogen-bond acceptors (Lipinski definition) is 3. The molecule has 2 amide bonds. The Morgan fingerprint density at radius 1 is 1.13 bits per heavy atom. The Balaban J connectivity index is 1.46. The number of aromatic carboxylic acids is 1. The Morgan fingerprint density at radius 2 is 1.87 bits per heavy atom. The van der Waals surface area contributed by atoms with Gasteiger partial charge in [0, 0.05) is 41.8 Å². The zero-order valence-electron chi connectivity index (χ0n) is 16.8. The van der Waals surface area contributed by atoms with Crippen molar-refractivity contribution in [1.29, 1.82) is 0 Å². The van der Waals surface area contributed by atoms with E-state index >= 15 is 0 Å². The van der Waals surface area contributed by atoms with Gasteiger partial charge in [-0.2, -0.15) is 0 Å². The molecule has 0 atom stereocenters. The van der Waals surface area contributed by atoms with Crippen molar-refractivity contribution >= 4 is 29.3 Å². The molecular formula is C23H26ClN3O3. The first kappa shape index (κ1) is 20.7. The predicted molar refractivity (Wildman–Crippen MR) is 117 cm³/mol. The number of urea groups is 1. The lowest BCUT2D eigenvalue weighted by Gasteiger charge is -2.42. The number of rotatable bonds is 5. The lowest BCUT2D eigenvalue weighted by molar-refractivity contribution is 0.0697. The number of carbonyl (C=O) groups is 2. The van der Waals surface area contributed by atoms with Gasteiger partial charge < -0.3 is 15.7 Å². The molecule has 2 aromatic rings. The number of hydrogen-bond donors (Lipinski definition) is 2. The smallest absolute Gasteiger partial charge is 0.335 e. The van der Waals surface area contributed by atoms with E-state index in [-0.39, 0.29) is 23.1 Å². The quantitative estimate of drug-likeness (QED) is 0.751. The van der Waals surface area contributed by atoms with Crippen molar-refractivity contribution in [3.05, 3.63) is 64.7 Å². The van der Waals surface area contributed by atoms with Gasteiger partial charge in [-0.05, 0) is 61.6 Å². The van der Waals surface area contributed by atoms with Crippen LogP contribution < -0.4 is 10.6 Å². The third-order valence-electron chi connectivity index (χ3n) is 6.63. The van der Waals surface area contributed by atoms with Gasteiger partial charge in [-0.1, -0.05) is 29.8 Å². The maximum atomic E-state index is 13.1. The number of anilines is 1. The normalized spacial score (nSPS) is 24.3. The molecule has 30 heavy (non-hydrogen) atoms. The number of nitrogens with two attached hydrogens (primary N) is 1. The number of halogens is 1. The Kier molecular flexibility index (Phi) is 5.71. The summed E-state index contributed by atoms with van der Waals surface area (Å²) >= 11 is 6.20. The van der Waals surface area contributed by atoms with Crippen molar-refractivity contribution in [2.24, 2.45) is 5.73 Å². The van der Waals surface area contributed by atoms with E-state index in [1.165, 1.54) is 11.6 Å². The standard InChI is InChI=1S/C23H26ClN3O3/c24-18-5-2-4-17(14-18)23(15-25)9-7-19(8-10-23)26-11-12-27(22(26)30)20-6-1-3-16(13-20)21(28)29/h1-6,13-14,19H,7-12,15,25H2,(H,28,29)/t19-,23-. The van der Waals surface area contributed by atoms with Gasteiger partial charge in [0.1, 0.15) is 0 Å². The molecule has 0 spiro atoms. The highest BCUT2D eigenvalue weighted by atomic mass is 35.5. The topological polar surface area (TPSA) is 86.9 Å². The summed E-state index contributed by atoms with van der Waals surface area (Å²) in [6.07, 6.45) is 3.59. The third-order valence-corrected chi connectivity index (χ3v) is 6.86. The maximum absolute atomic E-state index is 13.1. The van der Waals surface area contributed by atoms with Crippen LogP contribution in [0.5, 0.6) is 0 Å². The molecule has 0 aromatic heterocycles. The Morgan fingerprint density at radius 3 is 2.53 bits per heavy atom. The highest BCUT2D eigenvalue weighted by molar-refractivity contribution is 6.30. The van der Waals surface area contributed by atoms with Crippen molar-refractivity contribution in [2.45, 2.75) is 37.1 Å². The van der Waals surface area contributed by atoms with Gasteiger partial charge in [-0.3, -0.25) is 4.90 Å². The van der Waals surface area contributed by atoms with Crippen LogP contribution >= 0.6 is 11.6 Å². The summed E-state index contributed by atoms with van der Waals surface area (Å²) < 4.78 is 0. The van der Waals surface area contributed by atoms with Crippen LogP contribution in [-0.4, -0.2) is 47.7 Å². The summed E-state index contributed by atoms with van der Waals surface area (Å²) in [5.41, 5.74) is 8.10. The summed E-state index contributed by atoms with van der Waals surface area (Å²) in [5, 5.41) is 9.94. The minimum atomic E-state index is -0.994. The largest absolute Gasteiger partial charge is 0.478 e. The van der Waals surface area contributed by atoms with E-state index in [0.717, 1.165) is 30.7 Å². The van der Waals surface area contributed by atoms with Crippen molar-refractivity contribution in [1.82, 2.24) is 4.90 Å².